The van der Waals surface area contributed by atoms with Crippen molar-refractivity contribution in [3.63, 3.8) is 0 Å². The summed E-state index contributed by atoms with van der Waals surface area (Å²) in [5, 5.41) is 9.01. The summed E-state index contributed by atoms with van der Waals surface area (Å²) in [6.07, 6.45) is 7.76. The number of hydrogen-bond donors (Lipinski definition) is 1. The van der Waals surface area contributed by atoms with Crippen molar-refractivity contribution in [2.24, 2.45) is 0 Å². The Morgan fingerprint density at radius 2 is 2.25 bits per heavy atom. The molecule has 0 saturated carbocycles. The summed E-state index contributed by atoms with van der Waals surface area (Å²) in [4.78, 5) is 0. The van der Waals surface area contributed by atoms with Crippen LogP contribution in [0.15, 0.2) is 9.19 Å². The molecule has 0 bridgehead atoms. The zero-order valence-corrected chi connectivity index (χ0v) is 10.1. The molecule has 0 saturated heterocycles. The summed E-state index contributed by atoms with van der Waals surface area (Å²) in [7, 11) is 0. The van der Waals surface area contributed by atoms with Crippen LogP contribution in [0.3, 0.4) is 0 Å². The Morgan fingerprint density at radius 1 is 1.58 bits per heavy atom. The van der Waals surface area contributed by atoms with Gasteiger partial charge in [0.2, 0.25) is 0 Å². The number of aliphatic hydroxyl groups is 1. The van der Waals surface area contributed by atoms with Crippen molar-refractivity contribution < 1.29 is 5.11 Å². The molecule has 0 atom stereocenters. The Labute approximate surface area is 85.3 Å². The van der Waals surface area contributed by atoms with Crippen LogP contribution in [0.4, 0.5) is 0 Å². The molecule has 2 heteroatoms. The summed E-state index contributed by atoms with van der Waals surface area (Å²) < 4.78 is 2.41. The van der Waals surface area contributed by atoms with Gasteiger partial charge in [0.25, 0.3) is 0 Å². The molecule has 0 amide bonds. The third-order valence-corrected chi connectivity index (χ3v) is 5.20. The molecular formula is C10H16OTe. The van der Waals surface area contributed by atoms with Crippen LogP contribution >= 0.6 is 0 Å². The first kappa shape index (κ1) is 12.0. The van der Waals surface area contributed by atoms with E-state index in [2.05, 4.69) is 12.8 Å². The van der Waals surface area contributed by atoms with Crippen LogP contribution in [-0.4, -0.2) is 32.6 Å². The molecule has 1 N–H and O–H groups in total. The number of aliphatic hydroxyl groups excluding tert-OH is 1. The Morgan fingerprint density at radius 3 is 2.67 bits per heavy atom. The molecule has 0 spiro atoms. The van der Waals surface area contributed by atoms with Crippen molar-refractivity contribution in [2.45, 2.75) is 31.2 Å². The van der Waals surface area contributed by atoms with Gasteiger partial charge in [-0.2, -0.15) is 0 Å². The molecule has 0 aromatic heterocycles. The topological polar surface area (TPSA) is 20.2 Å². The van der Waals surface area contributed by atoms with Gasteiger partial charge in [-0.15, -0.1) is 0 Å². The van der Waals surface area contributed by atoms with Crippen LogP contribution in [-0.2, 0) is 0 Å². The molecule has 0 aliphatic rings. The molecule has 0 aliphatic heterocycles. The first-order valence-electron chi connectivity index (χ1n) is 4.16. The van der Waals surface area contributed by atoms with Gasteiger partial charge in [0, 0.05) is 0 Å². The molecule has 0 rings (SSSR count). The summed E-state index contributed by atoms with van der Waals surface area (Å²) in [6.45, 7) is 4.27. The van der Waals surface area contributed by atoms with Crippen LogP contribution in [0.2, 0.25) is 4.47 Å². The number of allylic oxidation sites excluding steroid dienone is 1. The first-order chi connectivity index (χ1) is 5.76. The minimum atomic E-state index is -0.180. The van der Waals surface area contributed by atoms with Crippen molar-refractivity contribution >= 4 is 20.9 Å². The van der Waals surface area contributed by atoms with Gasteiger partial charge < -0.3 is 0 Å². The van der Waals surface area contributed by atoms with Crippen molar-refractivity contribution in [3.05, 3.63) is 9.19 Å². The van der Waals surface area contributed by atoms with Gasteiger partial charge in [0.05, 0.1) is 0 Å². The number of terminal acetylenes is 1. The standard InChI is InChI=1S/C10H16OTe/c1-4-6-7-12-10(8-11)9(3)5-2/h2,11H,4,6-8H2,1,3H3/b10-9-. The van der Waals surface area contributed by atoms with E-state index >= 15 is 0 Å². The second-order valence-corrected chi connectivity index (χ2v) is 5.95. The number of rotatable bonds is 5. The molecule has 0 aromatic rings. The molecule has 0 radical (unpaired) electrons. The second-order valence-electron chi connectivity index (χ2n) is 2.55. The zero-order chi connectivity index (χ0) is 9.40. The van der Waals surface area contributed by atoms with E-state index in [1.165, 1.54) is 17.3 Å². The molecule has 0 fully saturated rings. The second kappa shape index (κ2) is 7.69. The predicted octanol–water partition coefficient (Wildman–Crippen LogP) is 1.81. The Hall–Kier alpha value is 0.0496. The maximum atomic E-state index is 9.01. The molecule has 0 aromatic carbocycles. The quantitative estimate of drug-likeness (QED) is 0.462. The SMILES string of the molecule is C#C/C(C)=C(/CO)[Te]CCCC. The fraction of sp³-hybridized carbons (Fsp3) is 0.600. The van der Waals surface area contributed by atoms with E-state index in [-0.39, 0.29) is 27.5 Å². The Kier molecular flexibility index (Phi) is 7.72. The molecule has 1 nitrogen and oxygen atoms in total. The van der Waals surface area contributed by atoms with E-state index < -0.39 is 0 Å². The van der Waals surface area contributed by atoms with E-state index in [9.17, 15) is 0 Å². The zero-order valence-electron chi connectivity index (χ0n) is 7.76. The van der Waals surface area contributed by atoms with Crippen molar-refractivity contribution in [2.75, 3.05) is 6.61 Å². The third-order valence-electron chi connectivity index (χ3n) is 1.55. The fourth-order valence-corrected chi connectivity index (χ4v) is 3.68. The first-order valence-corrected chi connectivity index (χ1v) is 6.97. The average molecular weight is 280 g/mol. The van der Waals surface area contributed by atoms with Crippen LogP contribution in [0.25, 0.3) is 0 Å². The van der Waals surface area contributed by atoms with E-state index in [0.29, 0.717) is 0 Å². The minimum absolute atomic E-state index is 0.169. The van der Waals surface area contributed by atoms with Gasteiger partial charge in [-0.3, -0.25) is 0 Å². The summed E-state index contributed by atoms with van der Waals surface area (Å²) in [6, 6.07) is 0. The maximum absolute atomic E-state index is 9.01. The molecular weight excluding hydrogens is 264 g/mol. The van der Waals surface area contributed by atoms with Crippen LogP contribution in [0.1, 0.15) is 26.7 Å². The molecule has 0 heterocycles. The Balaban J connectivity index is 3.93. The average Bonchev–Trinajstić information content (AvgIpc) is 2.11. The van der Waals surface area contributed by atoms with Crippen molar-refractivity contribution in [3.8, 4) is 12.3 Å². The monoisotopic (exact) mass is 282 g/mol. The van der Waals surface area contributed by atoms with Gasteiger partial charge >= 0.3 is 85.3 Å². The predicted molar refractivity (Wildman–Crippen MR) is 54.1 cm³/mol. The molecule has 0 unspecified atom stereocenters. The van der Waals surface area contributed by atoms with Crippen LogP contribution in [0.5, 0.6) is 0 Å². The summed E-state index contributed by atoms with van der Waals surface area (Å²) >= 11 is -0.180. The van der Waals surface area contributed by atoms with E-state index in [1.807, 2.05) is 6.92 Å². The van der Waals surface area contributed by atoms with E-state index in [0.717, 1.165) is 9.19 Å². The number of unbranched alkanes of at least 4 members (excludes halogenated alkanes) is 1. The van der Waals surface area contributed by atoms with Gasteiger partial charge in [0.15, 0.2) is 0 Å². The Bertz CT molecular complexity index is 189. The van der Waals surface area contributed by atoms with Crippen LogP contribution < -0.4 is 0 Å². The summed E-state index contributed by atoms with van der Waals surface area (Å²) in [5.41, 5.74) is 0.955. The van der Waals surface area contributed by atoms with Crippen LogP contribution in [0, 0.1) is 12.3 Å². The fourth-order valence-electron chi connectivity index (χ4n) is 0.693. The van der Waals surface area contributed by atoms with Crippen molar-refractivity contribution in [1.29, 1.82) is 0 Å². The molecule has 0 aliphatic carbocycles. The van der Waals surface area contributed by atoms with Gasteiger partial charge in [-0.05, 0) is 0 Å². The molecule has 12 heavy (non-hydrogen) atoms. The number of hydrogen-bond acceptors (Lipinski definition) is 1. The van der Waals surface area contributed by atoms with E-state index in [4.69, 9.17) is 11.5 Å². The van der Waals surface area contributed by atoms with Gasteiger partial charge in [0.1, 0.15) is 0 Å². The van der Waals surface area contributed by atoms with Crippen molar-refractivity contribution in [1.82, 2.24) is 0 Å². The van der Waals surface area contributed by atoms with Gasteiger partial charge in [-0.1, -0.05) is 0 Å². The third kappa shape index (κ3) is 4.83. The normalized spacial score (nSPS) is 12.2. The van der Waals surface area contributed by atoms with Gasteiger partial charge in [-0.25, -0.2) is 0 Å². The van der Waals surface area contributed by atoms with E-state index in [1.54, 1.807) is 0 Å². The molecule has 68 valence electrons. The summed E-state index contributed by atoms with van der Waals surface area (Å²) in [5.74, 6) is 2.59.